The van der Waals surface area contributed by atoms with E-state index in [4.69, 9.17) is 23.2 Å². The Kier molecular flexibility index (Phi) is 5.69. The smallest absolute Gasteiger partial charge is 0.205 e. The summed E-state index contributed by atoms with van der Waals surface area (Å²) in [6.45, 7) is 3.49. The molecule has 28 heavy (non-hydrogen) atoms. The zero-order valence-electron chi connectivity index (χ0n) is 15.1. The van der Waals surface area contributed by atoms with Crippen LogP contribution in [0.5, 0.6) is 0 Å². The molecule has 6 heteroatoms. The highest BCUT2D eigenvalue weighted by Gasteiger charge is 2.21. The molecule has 0 N–H and O–H groups in total. The first kappa shape index (κ1) is 19.9. The SMILES string of the molecule is Cc1cc(C(=O)/C(C#N)=C/c2cccc(Cl)c2Cl)c(C)n1-c1ccccc1F. The fourth-order valence-corrected chi connectivity index (χ4v) is 3.44. The van der Waals surface area contributed by atoms with Gasteiger partial charge in [-0.15, -0.1) is 0 Å². The maximum absolute atomic E-state index is 14.2. The number of halogens is 3. The van der Waals surface area contributed by atoms with Crippen molar-refractivity contribution in [3.63, 3.8) is 0 Å². The van der Waals surface area contributed by atoms with Crippen LogP contribution in [-0.4, -0.2) is 10.4 Å². The van der Waals surface area contributed by atoms with Crippen molar-refractivity contribution in [3.8, 4) is 11.8 Å². The first-order chi connectivity index (χ1) is 13.3. The molecule has 1 heterocycles. The fourth-order valence-electron chi connectivity index (χ4n) is 3.08. The number of allylic oxidation sites excluding steroid dienone is 1. The summed E-state index contributed by atoms with van der Waals surface area (Å²) < 4.78 is 15.9. The minimum absolute atomic E-state index is 0.0852. The van der Waals surface area contributed by atoms with E-state index in [9.17, 15) is 14.4 Å². The molecule has 0 aliphatic rings. The first-order valence-electron chi connectivity index (χ1n) is 8.39. The number of hydrogen-bond acceptors (Lipinski definition) is 2. The van der Waals surface area contributed by atoms with Gasteiger partial charge >= 0.3 is 0 Å². The van der Waals surface area contributed by atoms with Gasteiger partial charge < -0.3 is 4.57 Å². The van der Waals surface area contributed by atoms with Crippen molar-refractivity contribution in [1.82, 2.24) is 4.57 Å². The van der Waals surface area contributed by atoms with Crippen LogP contribution in [0.15, 0.2) is 54.1 Å². The predicted octanol–water partition coefficient (Wildman–Crippen LogP) is 6.33. The lowest BCUT2D eigenvalue weighted by Crippen LogP contribution is -2.06. The van der Waals surface area contributed by atoms with Crippen molar-refractivity contribution in [2.45, 2.75) is 13.8 Å². The second-order valence-corrected chi connectivity index (χ2v) is 7.00. The third-order valence-corrected chi connectivity index (χ3v) is 5.25. The van der Waals surface area contributed by atoms with Crippen LogP contribution >= 0.6 is 23.2 Å². The number of aryl methyl sites for hydroxylation is 1. The standard InChI is InChI=1S/C22H15Cl2FN2O/c1-13-10-17(14(2)27(13)20-9-4-3-8-19(20)25)22(28)16(12-26)11-15-6-5-7-18(23)21(15)24/h3-11H,1-2H3/b16-11+. The highest BCUT2D eigenvalue weighted by atomic mass is 35.5. The summed E-state index contributed by atoms with van der Waals surface area (Å²) in [7, 11) is 0. The summed E-state index contributed by atoms with van der Waals surface area (Å²) in [6, 6.07) is 14.9. The molecule has 0 radical (unpaired) electrons. The van der Waals surface area contributed by atoms with Crippen LogP contribution in [0.2, 0.25) is 10.0 Å². The molecule has 0 spiro atoms. The summed E-state index contributed by atoms with van der Waals surface area (Å²) in [5, 5.41) is 10.1. The molecule has 0 amide bonds. The number of carbonyl (C=O) groups excluding carboxylic acids is 1. The molecule has 0 atom stereocenters. The Balaban J connectivity index is 2.09. The molecule has 0 aliphatic heterocycles. The molecule has 0 unspecified atom stereocenters. The van der Waals surface area contributed by atoms with Gasteiger partial charge in [-0.2, -0.15) is 5.26 Å². The number of rotatable bonds is 4. The Morgan fingerprint density at radius 3 is 2.54 bits per heavy atom. The van der Waals surface area contributed by atoms with E-state index in [1.807, 2.05) is 6.07 Å². The molecule has 0 fully saturated rings. The number of hydrogen-bond donors (Lipinski definition) is 0. The van der Waals surface area contributed by atoms with Crippen LogP contribution in [-0.2, 0) is 0 Å². The van der Waals surface area contributed by atoms with E-state index in [-0.39, 0.29) is 10.6 Å². The summed E-state index contributed by atoms with van der Waals surface area (Å²) in [5.41, 5.74) is 2.29. The zero-order chi connectivity index (χ0) is 20.4. The van der Waals surface area contributed by atoms with Crippen molar-refractivity contribution in [3.05, 3.63) is 92.5 Å². The Morgan fingerprint density at radius 1 is 1.14 bits per heavy atom. The lowest BCUT2D eigenvalue weighted by Gasteiger charge is -2.10. The van der Waals surface area contributed by atoms with Crippen LogP contribution in [0, 0.1) is 31.0 Å². The van der Waals surface area contributed by atoms with E-state index in [1.54, 1.807) is 60.9 Å². The van der Waals surface area contributed by atoms with E-state index >= 15 is 0 Å². The Morgan fingerprint density at radius 2 is 1.86 bits per heavy atom. The molecular weight excluding hydrogens is 398 g/mol. The Labute approximate surface area is 172 Å². The monoisotopic (exact) mass is 412 g/mol. The lowest BCUT2D eigenvalue weighted by molar-refractivity contribution is 0.103. The number of nitriles is 1. The first-order valence-corrected chi connectivity index (χ1v) is 9.15. The highest BCUT2D eigenvalue weighted by molar-refractivity contribution is 6.43. The second kappa shape index (κ2) is 8.02. The average Bonchev–Trinajstić information content (AvgIpc) is 2.97. The number of Topliss-reactive ketones (excluding diaryl/α,β-unsaturated/α-hetero) is 1. The molecule has 0 bridgehead atoms. The number of para-hydroxylation sites is 1. The van der Waals surface area contributed by atoms with Gasteiger partial charge in [0.15, 0.2) is 0 Å². The number of aromatic nitrogens is 1. The van der Waals surface area contributed by atoms with Gasteiger partial charge in [0.2, 0.25) is 5.78 Å². The number of nitrogens with zero attached hydrogens (tertiary/aromatic N) is 2. The summed E-state index contributed by atoms with van der Waals surface area (Å²) in [6.07, 6.45) is 1.41. The van der Waals surface area contributed by atoms with Gasteiger partial charge in [0.1, 0.15) is 17.5 Å². The summed E-state index contributed by atoms with van der Waals surface area (Å²) >= 11 is 12.2. The van der Waals surface area contributed by atoms with Crippen LogP contribution in [0.4, 0.5) is 4.39 Å². The van der Waals surface area contributed by atoms with Crippen LogP contribution in [0.1, 0.15) is 27.3 Å². The number of benzene rings is 2. The summed E-state index contributed by atoms with van der Waals surface area (Å²) in [4.78, 5) is 13.0. The van der Waals surface area contributed by atoms with Gasteiger partial charge in [-0.3, -0.25) is 4.79 Å². The molecule has 140 valence electrons. The third-order valence-electron chi connectivity index (χ3n) is 4.42. The molecule has 2 aromatic carbocycles. The Bertz CT molecular complexity index is 1160. The molecule has 0 aliphatic carbocycles. The van der Waals surface area contributed by atoms with E-state index in [0.29, 0.717) is 33.2 Å². The molecule has 3 aromatic rings. The van der Waals surface area contributed by atoms with Crippen molar-refractivity contribution in [2.75, 3.05) is 0 Å². The van der Waals surface area contributed by atoms with Crippen molar-refractivity contribution in [2.24, 2.45) is 0 Å². The van der Waals surface area contributed by atoms with Crippen LogP contribution < -0.4 is 0 Å². The van der Waals surface area contributed by atoms with Crippen molar-refractivity contribution in [1.29, 1.82) is 5.26 Å². The van der Waals surface area contributed by atoms with E-state index in [2.05, 4.69) is 0 Å². The number of ketones is 1. The maximum atomic E-state index is 14.2. The molecule has 0 saturated carbocycles. The van der Waals surface area contributed by atoms with Crippen molar-refractivity contribution < 1.29 is 9.18 Å². The fraction of sp³-hybridized carbons (Fsp3) is 0.0909. The quantitative estimate of drug-likeness (QED) is 0.285. The predicted molar refractivity (Wildman–Crippen MR) is 110 cm³/mol. The molecule has 3 nitrogen and oxygen atoms in total. The van der Waals surface area contributed by atoms with E-state index in [0.717, 1.165) is 0 Å². The summed E-state index contributed by atoms with van der Waals surface area (Å²) in [5.74, 6) is -0.862. The van der Waals surface area contributed by atoms with Gasteiger partial charge in [0.25, 0.3) is 0 Å². The van der Waals surface area contributed by atoms with Crippen LogP contribution in [0.25, 0.3) is 11.8 Å². The second-order valence-electron chi connectivity index (χ2n) is 6.21. The lowest BCUT2D eigenvalue weighted by atomic mass is 10.0. The highest BCUT2D eigenvalue weighted by Crippen LogP contribution is 2.29. The normalized spacial score (nSPS) is 11.4. The average molecular weight is 413 g/mol. The van der Waals surface area contributed by atoms with Gasteiger partial charge in [-0.25, -0.2) is 4.39 Å². The third kappa shape index (κ3) is 3.60. The van der Waals surface area contributed by atoms with Crippen molar-refractivity contribution >= 4 is 35.1 Å². The van der Waals surface area contributed by atoms with Gasteiger partial charge in [-0.1, -0.05) is 47.5 Å². The van der Waals surface area contributed by atoms with Gasteiger partial charge in [0.05, 0.1) is 15.7 Å². The molecule has 1 aromatic heterocycles. The Hall–Kier alpha value is -2.87. The molecule has 3 rings (SSSR count). The minimum atomic E-state index is -0.464. The molecular formula is C22H15Cl2FN2O. The topological polar surface area (TPSA) is 45.8 Å². The maximum Gasteiger partial charge on any atom is 0.205 e. The largest absolute Gasteiger partial charge is 0.315 e. The minimum Gasteiger partial charge on any atom is -0.315 e. The van der Waals surface area contributed by atoms with E-state index in [1.165, 1.54) is 12.1 Å². The molecule has 0 saturated heterocycles. The van der Waals surface area contributed by atoms with Gasteiger partial charge in [0, 0.05) is 17.0 Å². The van der Waals surface area contributed by atoms with E-state index < -0.39 is 11.6 Å². The zero-order valence-corrected chi connectivity index (χ0v) is 16.6. The number of carbonyl (C=O) groups is 1. The van der Waals surface area contributed by atoms with Gasteiger partial charge in [-0.05, 0) is 49.8 Å². The van der Waals surface area contributed by atoms with Crippen LogP contribution in [0.3, 0.4) is 0 Å².